The fourth-order valence-electron chi connectivity index (χ4n) is 4.83. The van der Waals surface area contributed by atoms with E-state index < -0.39 is 10.9 Å². The average Bonchev–Trinajstić information content (AvgIpc) is 3.12. The highest BCUT2D eigenvalue weighted by atomic mass is 16.6. The van der Waals surface area contributed by atoms with E-state index in [1.165, 1.54) is 23.3 Å². The van der Waals surface area contributed by atoms with Gasteiger partial charge in [-0.15, -0.1) is 0 Å². The quantitative estimate of drug-likeness (QED) is 0.500. The van der Waals surface area contributed by atoms with Gasteiger partial charge in [0.15, 0.2) is 0 Å². The number of aromatic carboxylic acids is 1. The lowest BCUT2D eigenvalue weighted by atomic mass is 9.75. The minimum Gasteiger partial charge on any atom is -0.478 e. The number of hydrogen-bond donors (Lipinski definition) is 2. The molecule has 5 rings (SSSR count). The number of hydrogen-bond acceptors (Lipinski definition) is 4. The summed E-state index contributed by atoms with van der Waals surface area (Å²) < 4.78 is 0. The van der Waals surface area contributed by atoms with Crippen LogP contribution in [0.4, 0.5) is 11.4 Å². The highest BCUT2D eigenvalue weighted by Gasteiger charge is 2.43. The van der Waals surface area contributed by atoms with Crippen LogP contribution in [0.15, 0.2) is 66.7 Å². The molecule has 3 aromatic carbocycles. The second kappa shape index (κ2) is 6.44. The molecule has 2 N–H and O–H groups in total. The van der Waals surface area contributed by atoms with Gasteiger partial charge in [-0.3, -0.25) is 10.1 Å². The van der Waals surface area contributed by atoms with Crippen LogP contribution in [0.25, 0.3) is 0 Å². The lowest BCUT2D eigenvalue weighted by Crippen LogP contribution is -2.30. The normalized spacial score (nSPS) is 21.4. The summed E-state index contributed by atoms with van der Waals surface area (Å²) in [4.78, 5) is 22.1. The van der Waals surface area contributed by atoms with E-state index in [0.717, 1.165) is 23.2 Å². The Labute approximate surface area is 167 Å². The Morgan fingerprint density at radius 1 is 1.03 bits per heavy atom. The van der Waals surface area contributed by atoms with E-state index in [1.807, 2.05) is 30.3 Å². The number of nitrogens with one attached hydrogen (secondary N) is 1. The number of carbonyl (C=O) groups is 1. The van der Waals surface area contributed by atoms with Crippen LogP contribution in [-0.4, -0.2) is 16.0 Å². The molecule has 0 fully saturated rings. The van der Waals surface area contributed by atoms with Gasteiger partial charge in [0.1, 0.15) is 0 Å². The summed E-state index contributed by atoms with van der Waals surface area (Å²) >= 11 is 0. The monoisotopic (exact) mass is 386 g/mol. The summed E-state index contributed by atoms with van der Waals surface area (Å²) in [5.74, 6) is -0.652. The summed E-state index contributed by atoms with van der Waals surface area (Å²) in [6, 6.07) is 20.2. The Kier molecular flexibility index (Phi) is 3.87. The van der Waals surface area contributed by atoms with Crippen molar-refractivity contribution in [2.75, 3.05) is 5.32 Å². The van der Waals surface area contributed by atoms with E-state index in [-0.39, 0.29) is 29.1 Å². The zero-order valence-electron chi connectivity index (χ0n) is 15.4. The van der Waals surface area contributed by atoms with Crippen molar-refractivity contribution in [1.29, 1.82) is 0 Å². The van der Waals surface area contributed by atoms with Crippen molar-refractivity contribution in [1.82, 2.24) is 0 Å². The van der Waals surface area contributed by atoms with E-state index in [2.05, 4.69) is 17.4 Å². The molecule has 0 aromatic heterocycles. The number of non-ortho nitro benzene ring substituents is 1. The molecule has 3 atom stereocenters. The number of carboxylic acids is 1. The Hall–Kier alpha value is -3.67. The van der Waals surface area contributed by atoms with Crippen LogP contribution < -0.4 is 5.32 Å². The van der Waals surface area contributed by atoms with Gasteiger partial charge in [0.2, 0.25) is 0 Å². The van der Waals surface area contributed by atoms with Crippen LogP contribution in [0.2, 0.25) is 0 Å². The molecule has 6 heteroatoms. The SMILES string of the molecule is O=C(O)c1ccc2c(c1)[C@@H]1c3ccccc3C[C@@H]1[C@@H](c1ccc([N+](=O)[O-])cc1)N2. The molecule has 1 aliphatic carbocycles. The third-order valence-corrected chi connectivity index (χ3v) is 6.11. The molecule has 2 aliphatic rings. The van der Waals surface area contributed by atoms with Crippen molar-refractivity contribution in [3.05, 3.63) is 105 Å². The van der Waals surface area contributed by atoms with E-state index in [9.17, 15) is 20.0 Å². The van der Waals surface area contributed by atoms with Crippen LogP contribution in [0.5, 0.6) is 0 Å². The lowest BCUT2D eigenvalue weighted by molar-refractivity contribution is -0.384. The average molecular weight is 386 g/mol. The number of rotatable bonds is 3. The molecular formula is C23H18N2O4. The van der Waals surface area contributed by atoms with E-state index in [4.69, 9.17) is 0 Å². The predicted molar refractivity (Wildman–Crippen MR) is 108 cm³/mol. The second-order valence-electron chi connectivity index (χ2n) is 7.62. The Bertz CT molecular complexity index is 1140. The van der Waals surface area contributed by atoms with Gasteiger partial charge >= 0.3 is 5.97 Å². The Morgan fingerprint density at radius 2 is 1.79 bits per heavy atom. The number of nitro benzene ring substituents is 1. The van der Waals surface area contributed by atoms with Crippen molar-refractivity contribution < 1.29 is 14.8 Å². The molecule has 144 valence electrons. The van der Waals surface area contributed by atoms with Gasteiger partial charge in [0.25, 0.3) is 5.69 Å². The summed E-state index contributed by atoms with van der Waals surface area (Å²) in [5, 5.41) is 24.0. The van der Waals surface area contributed by atoms with Gasteiger partial charge in [0.05, 0.1) is 16.5 Å². The van der Waals surface area contributed by atoms with E-state index >= 15 is 0 Å². The summed E-state index contributed by atoms with van der Waals surface area (Å²) in [6.07, 6.45) is 0.867. The smallest absolute Gasteiger partial charge is 0.335 e. The van der Waals surface area contributed by atoms with Gasteiger partial charge in [-0.1, -0.05) is 36.4 Å². The fourth-order valence-corrected chi connectivity index (χ4v) is 4.83. The van der Waals surface area contributed by atoms with Gasteiger partial charge in [-0.2, -0.15) is 0 Å². The molecule has 0 amide bonds. The zero-order chi connectivity index (χ0) is 20.1. The van der Waals surface area contributed by atoms with Crippen molar-refractivity contribution in [3.63, 3.8) is 0 Å². The molecule has 0 saturated carbocycles. The molecule has 0 saturated heterocycles. The topological polar surface area (TPSA) is 92.5 Å². The maximum absolute atomic E-state index is 11.5. The van der Waals surface area contributed by atoms with Crippen molar-refractivity contribution in [2.24, 2.45) is 5.92 Å². The van der Waals surface area contributed by atoms with Crippen molar-refractivity contribution in [2.45, 2.75) is 18.4 Å². The number of anilines is 1. The summed E-state index contributed by atoms with van der Waals surface area (Å²) in [7, 11) is 0. The van der Waals surface area contributed by atoms with Gasteiger partial charge < -0.3 is 10.4 Å². The number of nitro groups is 1. The zero-order valence-corrected chi connectivity index (χ0v) is 15.4. The van der Waals surface area contributed by atoms with Gasteiger partial charge in [0, 0.05) is 23.7 Å². The Balaban J connectivity index is 1.64. The molecule has 1 aliphatic heterocycles. The van der Waals surface area contributed by atoms with Crippen LogP contribution in [0.3, 0.4) is 0 Å². The molecular weight excluding hydrogens is 368 g/mol. The van der Waals surface area contributed by atoms with E-state index in [0.29, 0.717) is 0 Å². The standard InChI is InChI=1S/C23H18N2O4/c26-23(27)15-7-10-20-18(12-15)21-17-4-2-1-3-14(17)11-19(21)22(24-20)13-5-8-16(9-6-13)25(28)29/h1-10,12,19,21-22,24H,11H2,(H,26,27)/t19-,21-,22+/m0/s1. The molecule has 29 heavy (non-hydrogen) atoms. The molecule has 3 aromatic rings. The highest BCUT2D eigenvalue weighted by Crippen LogP contribution is 2.53. The molecule has 0 unspecified atom stereocenters. The van der Waals surface area contributed by atoms with Crippen LogP contribution in [-0.2, 0) is 6.42 Å². The first-order valence-corrected chi connectivity index (χ1v) is 9.49. The van der Waals surface area contributed by atoms with Crippen molar-refractivity contribution >= 4 is 17.3 Å². The summed E-state index contributed by atoms with van der Waals surface area (Å²) in [6.45, 7) is 0. The van der Waals surface area contributed by atoms with Crippen LogP contribution in [0.1, 0.15) is 44.6 Å². The predicted octanol–water partition coefficient (Wildman–Crippen LogP) is 4.76. The minimum absolute atomic E-state index is 0.0172. The Morgan fingerprint density at radius 3 is 2.52 bits per heavy atom. The van der Waals surface area contributed by atoms with Gasteiger partial charge in [-0.05, 0) is 52.8 Å². The first kappa shape index (κ1) is 17.4. The largest absolute Gasteiger partial charge is 0.478 e. The number of benzene rings is 3. The van der Waals surface area contributed by atoms with Crippen molar-refractivity contribution in [3.8, 4) is 0 Å². The molecule has 0 spiro atoms. The van der Waals surface area contributed by atoms with Crippen LogP contribution >= 0.6 is 0 Å². The molecule has 0 bridgehead atoms. The second-order valence-corrected chi connectivity index (χ2v) is 7.62. The summed E-state index contributed by atoms with van der Waals surface area (Å²) in [5.41, 5.74) is 5.75. The number of fused-ring (bicyclic) bond motifs is 5. The molecule has 0 radical (unpaired) electrons. The maximum Gasteiger partial charge on any atom is 0.335 e. The molecule has 6 nitrogen and oxygen atoms in total. The third-order valence-electron chi connectivity index (χ3n) is 6.11. The van der Waals surface area contributed by atoms with Crippen LogP contribution in [0, 0.1) is 16.0 Å². The maximum atomic E-state index is 11.5. The third kappa shape index (κ3) is 2.76. The fraction of sp³-hybridized carbons (Fsp3) is 0.174. The first-order valence-electron chi connectivity index (χ1n) is 9.49. The number of carboxylic acid groups (broad SMARTS) is 1. The molecule has 1 heterocycles. The first-order chi connectivity index (χ1) is 14.0. The number of nitrogens with zero attached hydrogens (tertiary/aromatic N) is 1. The van der Waals surface area contributed by atoms with Gasteiger partial charge in [-0.25, -0.2) is 4.79 Å². The minimum atomic E-state index is -0.937. The van der Waals surface area contributed by atoms with E-state index in [1.54, 1.807) is 12.1 Å². The highest BCUT2D eigenvalue weighted by molar-refractivity contribution is 5.89. The lowest BCUT2D eigenvalue weighted by Gasteiger charge is -2.38.